The van der Waals surface area contributed by atoms with Crippen LogP contribution in [-0.2, 0) is 4.79 Å². The van der Waals surface area contributed by atoms with Crippen LogP contribution >= 0.6 is 12.2 Å². The average Bonchev–Trinajstić information content (AvgIpc) is 2.63. The predicted molar refractivity (Wildman–Crippen MR) is 114 cm³/mol. The molecule has 0 unspecified atom stereocenters. The monoisotopic (exact) mass is 385 g/mol. The van der Waals surface area contributed by atoms with Crippen molar-refractivity contribution in [3.63, 3.8) is 0 Å². The third kappa shape index (κ3) is 5.96. The van der Waals surface area contributed by atoms with Gasteiger partial charge >= 0.3 is 0 Å². The van der Waals surface area contributed by atoms with Gasteiger partial charge in [0.15, 0.2) is 11.2 Å². The van der Waals surface area contributed by atoms with Crippen LogP contribution in [-0.4, -0.2) is 17.1 Å². The first kappa shape index (κ1) is 20.7. The number of hydrogen-bond acceptors (Lipinski definition) is 3. The molecule has 0 aliphatic carbocycles. The van der Waals surface area contributed by atoms with Gasteiger partial charge in [-0.3, -0.25) is 15.6 Å². The molecule has 0 saturated heterocycles. The van der Waals surface area contributed by atoms with Crippen LogP contribution in [0.5, 0.6) is 5.75 Å². The number of rotatable bonds is 5. The number of carbonyl (C=O) groups excluding carboxylic acids is 1. The Morgan fingerprint density at radius 3 is 2.30 bits per heavy atom. The molecule has 27 heavy (non-hydrogen) atoms. The van der Waals surface area contributed by atoms with Gasteiger partial charge in [-0.1, -0.05) is 38.1 Å². The van der Waals surface area contributed by atoms with Crippen molar-refractivity contribution in [3.05, 3.63) is 59.2 Å². The molecule has 0 heterocycles. The van der Waals surface area contributed by atoms with Gasteiger partial charge < -0.3 is 10.1 Å². The zero-order valence-electron chi connectivity index (χ0n) is 16.4. The van der Waals surface area contributed by atoms with Crippen molar-refractivity contribution in [2.24, 2.45) is 0 Å². The largest absolute Gasteiger partial charge is 0.481 e. The number of ether oxygens (including phenoxy) is 1. The number of amides is 1. The molecule has 2 rings (SSSR count). The van der Waals surface area contributed by atoms with Crippen LogP contribution in [0.1, 0.15) is 43.4 Å². The lowest BCUT2D eigenvalue weighted by Crippen LogP contribution is -2.48. The normalized spacial score (nSPS) is 11.6. The van der Waals surface area contributed by atoms with Gasteiger partial charge in [0.25, 0.3) is 5.91 Å². The molecule has 0 aromatic heterocycles. The fourth-order valence-corrected chi connectivity index (χ4v) is 2.60. The van der Waals surface area contributed by atoms with Crippen molar-refractivity contribution in [1.29, 1.82) is 0 Å². The first-order valence-corrected chi connectivity index (χ1v) is 9.38. The number of hydrogen-bond donors (Lipinski definition) is 3. The van der Waals surface area contributed by atoms with Crippen LogP contribution in [0.15, 0.2) is 42.5 Å². The molecule has 2 aromatic carbocycles. The van der Waals surface area contributed by atoms with Gasteiger partial charge in [0, 0.05) is 5.69 Å². The highest BCUT2D eigenvalue weighted by Crippen LogP contribution is 2.21. The highest BCUT2D eigenvalue weighted by molar-refractivity contribution is 7.80. The fourth-order valence-electron chi connectivity index (χ4n) is 2.43. The van der Waals surface area contributed by atoms with E-state index < -0.39 is 6.10 Å². The molecule has 144 valence electrons. The van der Waals surface area contributed by atoms with Crippen molar-refractivity contribution in [2.75, 3.05) is 5.32 Å². The summed E-state index contributed by atoms with van der Waals surface area (Å²) in [6.45, 7) is 9.96. The summed E-state index contributed by atoms with van der Waals surface area (Å²) in [4.78, 5) is 12.2. The van der Waals surface area contributed by atoms with E-state index in [0.717, 1.165) is 16.8 Å². The van der Waals surface area contributed by atoms with Crippen molar-refractivity contribution >= 4 is 28.9 Å². The molecule has 5 nitrogen and oxygen atoms in total. The molecule has 3 N–H and O–H groups in total. The van der Waals surface area contributed by atoms with E-state index in [-0.39, 0.29) is 5.91 Å². The molecule has 0 bridgehead atoms. The number of hydrazine groups is 1. The molecule has 6 heteroatoms. The predicted octanol–water partition coefficient (Wildman–Crippen LogP) is 4.21. The minimum Gasteiger partial charge on any atom is -0.481 e. The third-order valence-corrected chi connectivity index (χ3v) is 4.57. The Labute approximate surface area is 166 Å². The SMILES string of the molecule is Cc1cccc(O[C@H](C)C(=O)NNC(=S)Nc2ccc(C(C)C)cc2)c1C. The number of benzene rings is 2. The van der Waals surface area contributed by atoms with E-state index in [2.05, 4.69) is 30.0 Å². The number of anilines is 1. The summed E-state index contributed by atoms with van der Waals surface area (Å²) in [5.74, 6) is 0.862. The highest BCUT2D eigenvalue weighted by atomic mass is 32.1. The van der Waals surface area contributed by atoms with Crippen LogP contribution in [0.25, 0.3) is 0 Å². The van der Waals surface area contributed by atoms with Crippen LogP contribution < -0.4 is 20.9 Å². The Hall–Kier alpha value is -2.60. The maximum absolute atomic E-state index is 12.2. The maximum Gasteiger partial charge on any atom is 0.279 e. The number of aryl methyl sites for hydroxylation is 1. The number of carbonyl (C=O) groups is 1. The summed E-state index contributed by atoms with van der Waals surface area (Å²) in [5, 5.41) is 3.34. The van der Waals surface area contributed by atoms with Gasteiger partial charge in [0.1, 0.15) is 5.75 Å². The van der Waals surface area contributed by atoms with Crippen LogP contribution in [0.3, 0.4) is 0 Å². The van der Waals surface area contributed by atoms with Gasteiger partial charge in [0.05, 0.1) is 0 Å². The summed E-state index contributed by atoms with van der Waals surface area (Å²) in [6, 6.07) is 13.8. The molecule has 0 radical (unpaired) electrons. The van der Waals surface area contributed by atoms with Crippen molar-refractivity contribution in [1.82, 2.24) is 10.9 Å². The average molecular weight is 386 g/mol. The Morgan fingerprint density at radius 1 is 1.00 bits per heavy atom. The quantitative estimate of drug-likeness (QED) is 0.532. The van der Waals surface area contributed by atoms with Crippen molar-refractivity contribution in [3.8, 4) is 5.75 Å². The molecular formula is C21H27N3O2S. The Bertz CT molecular complexity index is 804. The zero-order chi connectivity index (χ0) is 20.0. The van der Waals surface area contributed by atoms with E-state index in [9.17, 15) is 4.79 Å². The molecule has 0 aliphatic heterocycles. The van der Waals surface area contributed by atoms with Gasteiger partial charge in [-0.15, -0.1) is 0 Å². The summed E-state index contributed by atoms with van der Waals surface area (Å²) < 4.78 is 5.76. The second kappa shape index (κ2) is 9.37. The number of thiocarbonyl (C=S) groups is 1. The van der Waals surface area contributed by atoms with Gasteiger partial charge in [-0.2, -0.15) is 0 Å². The molecule has 1 atom stereocenters. The van der Waals surface area contributed by atoms with Crippen LogP contribution in [0, 0.1) is 13.8 Å². The minimum absolute atomic E-state index is 0.305. The van der Waals surface area contributed by atoms with E-state index >= 15 is 0 Å². The molecule has 0 fully saturated rings. The van der Waals surface area contributed by atoms with Gasteiger partial charge in [-0.05, 0) is 73.8 Å². The second-order valence-electron chi connectivity index (χ2n) is 6.80. The molecule has 0 spiro atoms. The van der Waals surface area contributed by atoms with E-state index in [4.69, 9.17) is 17.0 Å². The topological polar surface area (TPSA) is 62.4 Å². The van der Waals surface area contributed by atoms with E-state index in [1.54, 1.807) is 6.92 Å². The zero-order valence-corrected chi connectivity index (χ0v) is 17.2. The lowest BCUT2D eigenvalue weighted by molar-refractivity contribution is -0.127. The maximum atomic E-state index is 12.2. The molecule has 0 saturated carbocycles. The molecule has 2 aromatic rings. The summed E-state index contributed by atoms with van der Waals surface area (Å²) in [7, 11) is 0. The van der Waals surface area contributed by atoms with Gasteiger partial charge in [0.2, 0.25) is 0 Å². The van der Waals surface area contributed by atoms with Crippen LogP contribution in [0.2, 0.25) is 0 Å². The van der Waals surface area contributed by atoms with Crippen LogP contribution in [0.4, 0.5) is 5.69 Å². The number of nitrogens with one attached hydrogen (secondary N) is 3. The molecular weight excluding hydrogens is 358 g/mol. The Kier molecular flexibility index (Phi) is 7.19. The van der Waals surface area contributed by atoms with E-state index in [1.165, 1.54) is 5.56 Å². The first-order chi connectivity index (χ1) is 12.8. The molecule has 1 amide bonds. The fraction of sp³-hybridized carbons (Fsp3) is 0.333. The molecule has 0 aliphatic rings. The summed E-state index contributed by atoms with van der Waals surface area (Å²) in [5.41, 5.74) is 9.52. The highest BCUT2D eigenvalue weighted by Gasteiger charge is 2.16. The minimum atomic E-state index is -0.661. The first-order valence-electron chi connectivity index (χ1n) is 8.97. The van der Waals surface area contributed by atoms with E-state index in [1.807, 2.05) is 56.3 Å². The Morgan fingerprint density at radius 2 is 1.67 bits per heavy atom. The second-order valence-corrected chi connectivity index (χ2v) is 7.21. The van der Waals surface area contributed by atoms with Gasteiger partial charge in [-0.25, -0.2) is 0 Å². The summed E-state index contributed by atoms with van der Waals surface area (Å²) >= 11 is 5.22. The van der Waals surface area contributed by atoms with Crippen molar-refractivity contribution < 1.29 is 9.53 Å². The third-order valence-electron chi connectivity index (χ3n) is 4.36. The Balaban J connectivity index is 1.83. The lowest BCUT2D eigenvalue weighted by atomic mass is 10.0. The van der Waals surface area contributed by atoms with E-state index in [0.29, 0.717) is 16.8 Å². The standard InChI is InChI=1S/C21H27N3O2S/c1-13(2)17-9-11-18(12-10-17)22-21(27)24-23-20(25)16(5)26-19-8-6-7-14(3)15(19)4/h6-13,16H,1-5H3,(H,23,25)(H2,22,24,27)/t16-/m1/s1. The smallest absolute Gasteiger partial charge is 0.279 e. The lowest BCUT2D eigenvalue weighted by Gasteiger charge is -2.18. The van der Waals surface area contributed by atoms with Crippen molar-refractivity contribution in [2.45, 2.75) is 46.6 Å². The summed E-state index contributed by atoms with van der Waals surface area (Å²) in [6.07, 6.45) is -0.661.